The molecule has 0 saturated heterocycles. The fourth-order valence-electron chi connectivity index (χ4n) is 5.63. The van der Waals surface area contributed by atoms with Gasteiger partial charge in [-0.2, -0.15) is 0 Å². The van der Waals surface area contributed by atoms with Gasteiger partial charge in [-0.1, -0.05) is 0 Å². The number of aromatic amines is 1. The molecule has 0 aliphatic carbocycles. The van der Waals surface area contributed by atoms with Crippen LogP contribution in [0.15, 0.2) is 60.2 Å². The minimum absolute atomic E-state index is 0.189. The monoisotopic (exact) mass is 528 g/mol. The molecule has 6 heteroatoms. The summed E-state index contributed by atoms with van der Waals surface area (Å²) in [7, 11) is 0. The van der Waals surface area contributed by atoms with E-state index >= 15 is 0 Å². The van der Waals surface area contributed by atoms with Gasteiger partial charge >= 0.3 is 196 Å². The molecule has 0 bridgehead atoms. The second-order valence-corrected chi connectivity index (χ2v) is 17.3. The number of hydrogen-bond donors (Lipinski definition) is 1. The van der Waals surface area contributed by atoms with Crippen molar-refractivity contribution in [3.63, 3.8) is 0 Å². The van der Waals surface area contributed by atoms with Crippen molar-refractivity contribution in [3.8, 4) is 11.5 Å². The van der Waals surface area contributed by atoms with Crippen molar-refractivity contribution in [1.82, 2.24) is 7.87 Å². The van der Waals surface area contributed by atoms with Crippen molar-refractivity contribution in [2.45, 2.75) is 27.7 Å². The van der Waals surface area contributed by atoms with E-state index in [4.69, 9.17) is 9.47 Å². The van der Waals surface area contributed by atoms with Gasteiger partial charge < -0.3 is 0 Å². The SMILES string of the molecule is CC(=C=O)C1C=C[CH2][In]([N]2CCc3c([nH]c4ccccc34)C2c2ccc3c(c2)OCO3)[CH2]1. The van der Waals surface area contributed by atoms with Gasteiger partial charge in [-0.3, -0.25) is 0 Å². The zero-order valence-electron chi connectivity index (χ0n) is 18.1. The van der Waals surface area contributed by atoms with E-state index in [9.17, 15) is 4.79 Å². The molecular weight excluding hydrogens is 503 g/mol. The van der Waals surface area contributed by atoms with Crippen LogP contribution in [0.1, 0.15) is 29.8 Å². The van der Waals surface area contributed by atoms with Crippen molar-refractivity contribution in [2.24, 2.45) is 5.92 Å². The van der Waals surface area contributed by atoms with Gasteiger partial charge in [-0.25, -0.2) is 0 Å². The molecule has 3 aromatic rings. The maximum absolute atomic E-state index is 11.3. The first-order valence-electron chi connectivity index (χ1n) is 11.4. The fourth-order valence-corrected chi connectivity index (χ4v) is 15.7. The molecule has 6 rings (SSSR count). The number of allylic oxidation sites excluding steroid dienone is 3. The number of aromatic nitrogens is 1. The number of nitrogens with zero attached hydrogens (tertiary/aromatic N) is 1. The predicted molar refractivity (Wildman–Crippen MR) is 126 cm³/mol. The summed E-state index contributed by atoms with van der Waals surface area (Å²) in [6, 6.07) is 15.2. The molecule has 1 N–H and O–H groups in total. The summed E-state index contributed by atoms with van der Waals surface area (Å²) in [4.78, 5) is 15.1. The second-order valence-electron chi connectivity index (χ2n) is 9.01. The van der Waals surface area contributed by atoms with Crippen LogP contribution >= 0.6 is 0 Å². The molecule has 3 aliphatic rings. The third-order valence-electron chi connectivity index (χ3n) is 7.27. The molecule has 2 atom stereocenters. The van der Waals surface area contributed by atoms with Crippen molar-refractivity contribution in [2.75, 3.05) is 13.3 Å². The third kappa shape index (κ3) is 3.33. The zero-order chi connectivity index (χ0) is 21.7. The van der Waals surface area contributed by atoms with Crippen LogP contribution in [0.3, 0.4) is 0 Å². The molecule has 0 spiro atoms. The number of H-pyrrole nitrogens is 1. The molecule has 160 valence electrons. The van der Waals surface area contributed by atoms with E-state index in [1.54, 1.807) is 0 Å². The molecular formula is C26H25InN2O3. The van der Waals surface area contributed by atoms with Gasteiger partial charge in [0, 0.05) is 0 Å². The van der Waals surface area contributed by atoms with Gasteiger partial charge in [0.25, 0.3) is 0 Å². The average molecular weight is 528 g/mol. The van der Waals surface area contributed by atoms with Crippen molar-refractivity contribution in [3.05, 3.63) is 77.0 Å². The van der Waals surface area contributed by atoms with E-state index in [1.807, 2.05) is 13.0 Å². The molecule has 0 amide bonds. The van der Waals surface area contributed by atoms with E-state index in [-0.39, 0.29) is 18.8 Å². The number of carbonyl (C=O) groups excluding carboxylic acids is 1. The first kappa shape index (κ1) is 20.2. The minimum atomic E-state index is -2.19. The van der Waals surface area contributed by atoms with Crippen molar-refractivity contribution >= 4 is 38.6 Å². The van der Waals surface area contributed by atoms with Gasteiger partial charge in [0.1, 0.15) is 0 Å². The van der Waals surface area contributed by atoms with Crippen LogP contribution in [0.25, 0.3) is 10.9 Å². The van der Waals surface area contributed by atoms with Crippen molar-refractivity contribution < 1.29 is 14.3 Å². The Balaban J connectivity index is 1.46. The number of benzene rings is 2. The van der Waals surface area contributed by atoms with Crippen LogP contribution in [0.5, 0.6) is 11.5 Å². The molecule has 0 saturated carbocycles. The Labute approximate surface area is 195 Å². The maximum atomic E-state index is 11.3. The first-order chi connectivity index (χ1) is 15.7. The molecule has 1 aromatic heterocycles. The van der Waals surface area contributed by atoms with Gasteiger partial charge in [0.05, 0.1) is 0 Å². The topological polar surface area (TPSA) is 54.6 Å². The van der Waals surface area contributed by atoms with Gasteiger partial charge in [-0.05, 0) is 0 Å². The molecule has 3 aliphatic heterocycles. The Morgan fingerprint density at radius 3 is 2.97 bits per heavy atom. The summed E-state index contributed by atoms with van der Waals surface area (Å²) < 4.78 is 16.5. The standard InChI is InChI=1S/C18H15N2O2.C8H10O.In/c1-2-4-14-12(3-1)13-7-8-19-17(18(13)20-14)11-5-6-15-16(9-11)22-10-21-15;1-4-5-7(2)8(3)6-9;/h1-6,9,17,20H,7-8,10H2;4-5,7H,1-2H2,3H3;/q-1;;+1. The Morgan fingerprint density at radius 2 is 2.06 bits per heavy atom. The van der Waals surface area contributed by atoms with E-state index in [0.29, 0.717) is 0 Å². The van der Waals surface area contributed by atoms with E-state index in [2.05, 4.69) is 62.4 Å². The van der Waals surface area contributed by atoms with Gasteiger partial charge in [-0.15, -0.1) is 0 Å². The number of ether oxygens (including phenoxy) is 2. The zero-order valence-corrected chi connectivity index (χ0v) is 21.4. The molecule has 4 heterocycles. The van der Waals surface area contributed by atoms with Crippen LogP contribution in [0.2, 0.25) is 8.35 Å². The average Bonchev–Trinajstić information content (AvgIpc) is 3.46. The van der Waals surface area contributed by atoms with Crippen LogP contribution < -0.4 is 9.47 Å². The van der Waals surface area contributed by atoms with Crippen LogP contribution in [-0.4, -0.2) is 48.9 Å². The summed E-state index contributed by atoms with van der Waals surface area (Å²) in [6.07, 6.45) is 5.61. The molecule has 5 nitrogen and oxygen atoms in total. The van der Waals surface area contributed by atoms with E-state index < -0.39 is 21.7 Å². The third-order valence-corrected chi connectivity index (χ3v) is 16.9. The molecule has 0 radical (unpaired) electrons. The number of fused-ring (bicyclic) bond motifs is 4. The van der Waals surface area contributed by atoms with Crippen molar-refractivity contribution in [1.29, 1.82) is 0 Å². The second kappa shape index (κ2) is 8.18. The van der Waals surface area contributed by atoms with E-state index in [0.717, 1.165) is 34.2 Å². The quantitative estimate of drug-likeness (QED) is 0.392. The van der Waals surface area contributed by atoms with Crippen LogP contribution in [0, 0.1) is 5.92 Å². The predicted octanol–water partition coefficient (Wildman–Crippen LogP) is 4.80. The number of hydrogen-bond acceptors (Lipinski definition) is 4. The molecule has 0 fully saturated rings. The summed E-state index contributed by atoms with van der Waals surface area (Å²) in [5.41, 5.74) is 6.07. The molecule has 2 unspecified atom stereocenters. The summed E-state index contributed by atoms with van der Waals surface area (Å²) in [6.45, 7) is 3.28. The summed E-state index contributed by atoms with van der Waals surface area (Å²) in [5, 5.41) is 1.34. The number of rotatable bonds is 3. The Kier molecular flexibility index (Phi) is 5.17. The van der Waals surface area contributed by atoms with Gasteiger partial charge in [0.2, 0.25) is 0 Å². The van der Waals surface area contributed by atoms with Crippen LogP contribution in [-0.2, 0) is 11.2 Å². The fraction of sp³-hybridized carbons (Fsp3) is 0.308. The Morgan fingerprint density at radius 1 is 1.19 bits per heavy atom. The summed E-state index contributed by atoms with van der Waals surface area (Å²) in [5.74, 6) is 4.07. The normalized spacial score (nSPS) is 22.1. The Hall–Kier alpha value is -2.40. The number of para-hydroxylation sites is 1. The summed E-state index contributed by atoms with van der Waals surface area (Å²) >= 11 is -2.19. The van der Waals surface area contributed by atoms with Crippen LogP contribution in [0.4, 0.5) is 0 Å². The molecule has 2 aromatic carbocycles. The first-order valence-corrected chi connectivity index (χ1v) is 17.5. The molecule has 32 heavy (non-hydrogen) atoms. The van der Waals surface area contributed by atoms with Gasteiger partial charge in [0.15, 0.2) is 0 Å². The Bertz CT molecular complexity index is 1270. The van der Waals surface area contributed by atoms with E-state index in [1.165, 1.54) is 31.9 Å². The number of nitrogens with one attached hydrogen (secondary N) is 1.